The van der Waals surface area contributed by atoms with Gasteiger partial charge in [0.1, 0.15) is 5.82 Å². The number of nitrogens with one attached hydrogen (secondary N) is 2. The number of halogens is 2. The maximum Gasteiger partial charge on any atom is 0.222 e. The van der Waals surface area contributed by atoms with Crippen molar-refractivity contribution in [2.45, 2.75) is 20.0 Å². The van der Waals surface area contributed by atoms with E-state index in [1.807, 2.05) is 13.8 Å². The van der Waals surface area contributed by atoms with E-state index in [9.17, 15) is 9.18 Å². The summed E-state index contributed by atoms with van der Waals surface area (Å²) in [5.41, 5.74) is 0.745. The van der Waals surface area contributed by atoms with Crippen LogP contribution in [0.15, 0.2) is 18.2 Å². The number of ether oxygens (including phenoxy) is 1. The fourth-order valence-electron chi connectivity index (χ4n) is 2.46. The van der Waals surface area contributed by atoms with Crippen molar-refractivity contribution in [1.82, 2.24) is 10.6 Å². The van der Waals surface area contributed by atoms with Gasteiger partial charge in [-0.15, -0.1) is 0 Å². The quantitative estimate of drug-likeness (QED) is 0.893. The lowest BCUT2D eigenvalue weighted by Crippen LogP contribution is -2.38. The highest BCUT2D eigenvalue weighted by Crippen LogP contribution is 2.29. The molecule has 2 rings (SSSR count). The third-order valence-corrected chi connectivity index (χ3v) is 4.05. The van der Waals surface area contributed by atoms with Crippen LogP contribution in [0, 0.1) is 17.7 Å². The first-order chi connectivity index (χ1) is 10.5. The Hall–Kier alpha value is -1.17. The first-order valence-electron chi connectivity index (χ1n) is 7.54. The van der Waals surface area contributed by atoms with Gasteiger partial charge in [0.05, 0.1) is 17.7 Å². The van der Waals surface area contributed by atoms with Crippen LogP contribution in [0.3, 0.4) is 0 Å². The summed E-state index contributed by atoms with van der Waals surface area (Å²) in [5, 5.41) is 6.30. The Morgan fingerprint density at radius 1 is 1.55 bits per heavy atom. The van der Waals surface area contributed by atoms with Crippen molar-refractivity contribution in [3.05, 3.63) is 34.6 Å². The maximum atomic E-state index is 13.7. The molecule has 0 aromatic heterocycles. The predicted octanol–water partition coefficient (Wildman–Crippen LogP) is 2.53. The Morgan fingerprint density at radius 3 is 3.00 bits per heavy atom. The molecule has 1 saturated heterocycles. The van der Waals surface area contributed by atoms with Gasteiger partial charge in [0.15, 0.2) is 0 Å². The lowest BCUT2D eigenvalue weighted by Gasteiger charge is -2.26. The molecule has 0 bridgehead atoms. The monoisotopic (exact) mass is 328 g/mol. The van der Waals surface area contributed by atoms with E-state index in [0.717, 1.165) is 12.1 Å². The van der Waals surface area contributed by atoms with Crippen molar-refractivity contribution < 1.29 is 13.9 Å². The second-order valence-electron chi connectivity index (χ2n) is 5.83. The normalized spacial score (nSPS) is 22.4. The standard InChI is InChI=1S/C16H22ClFN2O2/c1-10(2)16(21)20-9-12-8-19-5-6-22-15(12)11-3-4-13(17)14(18)7-11/h3-4,7,10,12,15,19H,5-6,8-9H2,1-2H3,(H,20,21)/t12-,15-/m0/s1. The molecule has 22 heavy (non-hydrogen) atoms. The second-order valence-corrected chi connectivity index (χ2v) is 6.24. The van der Waals surface area contributed by atoms with E-state index < -0.39 is 5.82 Å². The Balaban J connectivity index is 2.13. The smallest absolute Gasteiger partial charge is 0.222 e. The van der Waals surface area contributed by atoms with Gasteiger partial charge < -0.3 is 15.4 Å². The summed E-state index contributed by atoms with van der Waals surface area (Å²) in [7, 11) is 0. The van der Waals surface area contributed by atoms with Gasteiger partial charge in [-0.05, 0) is 17.7 Å². The molecule has 1 aromatic rings. The van der Waals surface area contributed by atoms with Crippen LogP contribution in [0.5, 0.6) is 0 Å². The van der Waals surface area contributed by atoms with Crippen LogP contribution in [0.1, 0.15) is 25.5 Å². The van der Waals surface area contributed by atoms with Crippen molar-refractivity contribution in [1.29, 1.82) is 0 Å². The van der Waals surface area contributed by atoms with Crippen LogP contribution in [0.25, 0.3) is 0 Å². The van der Waals surface area contributed by atoms with E-state index in [2.05, 4.69) is 10.6 Å². The topological polar surface area (TPSA) is 50.4 Å². The minimum absolute atomic E-state index is 0.00489. The molecule has 0 spiro atoms. The van der Waals surface area contributed by atoms with E-state index in [4.69, 9.17) is 16.3 Å². The van der Waals surface area contributed by atoms with Gasteiger partial charge in [-0.3, -0.25) is 4.79 Å². The molecule has 2 atom stereocenters. The Morgan fingerprint density at radius 2 is 2.32 bits per heavy atom. The van der Waals surface area contributed by atoms with Crippen molar-refractivity contribution in [3.8, 4) is 0 Å². The minimum atomic E-state index is -0.454. The number of hydrogen-bond donors (Lipinski definition) is 2. The van der Waals surface area contributed by atoms with Crippen molar-refractivity contribution >= 4 is 17.5 Å². The Bertz CT molecular complexity index is 525. The fraction of sp³-hybridized carbons (Fsp3) is 0.562. The van der Waals surface area contributed by atoms with Gasteiger partial charge in [-0.1, -0.05) is 31.5 Å². The summed E-state index contributed by atoms with van der Waals surface area (Å²) >= 11 is 5.74. The summed E-state index contributed by atoms with van der Waals surface area (Å²) in [6.45, 7) is 6.17. The number of rotatable bonds is 4. The van der Waals surface area contributed by atoms with Crippen LogP contribution in [0.2, 0.25) is 5.02 Å². The molecule has 6 heteroatoms. The molecule has 1 amide bonds. The van der Waals surface area contributed by atoms with E-state index in [0.29, 0.717) is 19.7 Å². The molecule has 1 aliphatic heterocycles. The van der Waals surface area contributed by atoms with Gasteiger partial charge >= 0.3 is 0 Å². The van der Waals surface area contributed by atoms with Crippen molar-refractivity contribution in [2.24, 2.45) is 11.8 Å². The number of amides is 1. The SMILES string of the molecule is CC(C)C(=O)NC[C@@H]1CNCCO[C@H]1c1ccc(Cl)c(F)c1. The summed E-state index contributed by atoms with van der Waals surface area (Å²) < 4.78 is 19.6. The molecule has 0 radical (unpaired) electrons. The lowest BCUT2D eigenvalue weighted by molar-refractivity contribution is -0.124. The van der Waals surface area contributed by atoms with Crippen LogP contribution in [-0.2, 0) is 9.53 Å². The molecule has 1 heterocycles. The van der Waals surface area contributed by atoms with Gasteiger partial charge in [0.25, 0.3) is 0 Å². The highest BCUT2D eigenvalue weighted by Gasteiger charge is 2.27. The largest absolute Gasteiger partial charge is 0.372 e. The summed E-state index contributed by atoms with van der Waals surface area (Å²) in [6.07, 6.45) is -0.269. The average Bonchev–Trinajstić information content (AvgIpc) is 2.73. The Kier molecular flexibility index (Phi) is 6.17. The van der Waals surface area contributed by atoms with Crippen molar-refractivity contribution in [2.75, 3.05) is 26.2 Å². The van der Waals surface area contributed by atoms with Crippen LogP contribution in [0.4, 0.5) is 4.39 Å². The molecule has 0 saturated carbocycles. The third-order valence-electron chi connectivity index (χ3n) is 3.75. The molecule has 1 fully saturated rings. The minimum Gasteiger partial charge on any atom is -0.372 e. The molecule has 0 aliphatic carbocycles. The lowest BCUT2D eigenvalue weighted by atomic mass is 9.95. The maximum absolute atomic E-state index is 13.7. The van der Waals surface area contributed by atoms with Crippen LogP contribution in [-0.4, -0.2) is 32.1 Å². The third kappa shape index (κ3) is 4.41. The molecule has 0 unspecified atom stereocenters. The Labute approximate surface area is 135 Å². The first-order valence-corrected chi connectivity index (χ1v) is 7.92. The molecule has 122 valence electrons. The predicted molar refractivity (Wildman–Crippen MR) is 84.3 cm³/mol. The number of benzene rings is 1. The average molecular weight is 329 g/mol. The first kappa shape index (κ1) is 17.2. The zero-order valence-electron chi connectivity index (χ0n) is 12.9. The molecular formula is C16H22ClFN2O2. The van der Waals surface area contributed by atoms with Crippen LogP contribution >= 0.6 is 11.6 Å². The highest BCUT2D eigenvalue weighted by molar-refractivity contribution is 6.30. The van der Waals surface area contributed by atoms with Gasteiger partial charge in [-0.2, -0.15) is 0 Å². The zero-order valence-corrected chi connectivity index (χ0v) is 13.6. The number of carbonyl (C=O) groups excluding carboxylic acids is 1. The van der Waals surface area contributed by atoms with Gasteiger partial charge in [-0.25, -0.2) is 4.39 Å². The second kappa shape index (κ2) is 7.90. The van der Waals surface area contributed by atoms with E-state index in [-0.39, 0.29) is 28.9 Å². The molecular weight excluding hydrogens is 307 g/mol. The molecule has 1 aromatic carbocycles. The summed E-state index contributed by atoms with van der Waals surface area (Å²) in [6, 6.07) is 4.73. The number of carbonyl (C=O) groups is 1. The molecule has 4 nitrogen and oxygen atoms in total. The molecule has 1 aliphatic rings. The zero-order chi connectivity index (χ0) is 16.1. The van der Waals surface area contributed by atoms with E-state index >= 15 is 0 Å². The van der Waals surface area contributed by atoms with E-state index in [1.165, 1.54) is 12.1 Å². The van der Waals surface area contributed by atoms with Gasteiger partial charge in [0.2, 0.25) is 5.91 Å². The van der Waals surface area contributed by atoms with E-state index in [1.54, 1.807) is 6.07 Å². The summed E-state index contributed by atoms with van der Waals surface area (Å²) in [4.78, 5) is 11.8. The van der Waals surface area contributed by atoms with Crippen LogP contribution < -0.4 is 10.6 Å². The molecule has 2 N–H and O–H groups in total. The highest BCUT2D eigenvalue weighted by atomic mass is 35.5. The summed E-state index contributed by atoms with van der Waals surface area (Å²) in [5.74, 6) is -0.480. The van der Waals surface area contributed by atoms with Gasteiger partial charge in [0, 0.05) is 31.5 Å². The fourth-order valence-corrected chi connectivity index (χ4v) is 2.58. The number of hydrogen-bond acceptors (Lipinski definition) is 3. The van der Waals surface area contributed by atoms with Crippen molar-refractivity contribution in [3.63, 3.8) is 0 Å².